The van der Waals surface area contributed by atoms with E-state index in [-0.39, 0.29) is 30.6 Å². The summed E-state index contributed by atoms with van der Waals surface area (Å²) in [5.41, 5.74) is 1.59. The van der Waals surface area contributed by atoms with Crippen LogP contribution in [0.2, 0.25) is 0 Å². The van der Waals surface area contributed by atoms with Crippen molar-refractivity contribution in [1.82, 2.24) is 20.2 Å². The monoisotopic (exact) mass is 454 g/mol. The molecule has 1 fully saturated rings. The molecule has 1 aromatic heterocycles. The van der Waals surface area contributed by atoms with Gasteiger partial charge in [0.25, 0.3) is 0 Å². The van der Waals surface area contributed by atoms with E-state index in [1.165, 1.54) is 0 Å². The van der Waals surface area contributed by atoms with E-state index in [1.54, 1.807) is 50.0 Å². The van der Waals surface area contributed by atoms with Crippen LogP contribution >= 0.6 is 0 Å². The Bertz CT molecular complexity index is 928. The molecule has 0 spiro atoms. The Morgan fingerprint density at radius 1 is 1.18 bits per heavy atom. The number of ether oxygens (including phenoxy) is 1. The molecule has 2 heterocycles. The second-order valence-electron chi connectivity index (χ2n) is 8.24. The molecule has 0 radical (unpaired) electrons. The van der Waals surface area contributed by atoms with Crippen molar-refractivity contribution in [3.05, 3.63) is 54.1 Å². The molecule has 9 nitrogen and oxygen atoms in total. The number of carboxylic acids is 1. The smallest absolute Gasteiger partial charge is 0.326 e. The number of aromatic nitrogens is 2. The van der Waals surface area contributed by atoms with Gasteiger partial charge in [-0.25, -0.2) is 4.79 Å². The van der Waals surface area contributed by atoms with Crippen molar-refractivity contribution in [2.24, 2.45) is 5.92 Å². The van der Waals surface area contributed by atoms with Crippen molar-refractivity contribution in [1.29, 1.82) is 0 Å². The van der Waals surface area contributed by atoms with Crippen molar-refractivity contribution in [3.63, 3.8) is 0 Å². The lowest BCUT2D eigenvalue weighted by atomic mass is 9.92. The third kappa shape index (κ3) is 7.55. The van der Waals surface area contributed by atoms with Gasteiger partial charge in [0.1, 0.15) is 11.8 Å². The van der Waals surface area contributed by atoms with Gasteiger partial charge in [-0.15, -0.1) is 0 Å². The van der Waals surface area contributed by atoms with E-state index in [2.05, 4.69) is 15.3 Å². The molecule has 0 aliphatic carbocycles. The fraction of sp³-hybridized carbons (Fsp3) is 0.458. The van der Waals surface area contributed by atoms with Crippen LogP contribution < -0.4 is 10.1 Å². The van der Waals surface area contributed by atoms with E-state index < -0.39 is 12.0 Å². The fourth-order valence-corrected chi connectivity index (χ4v) is 3.95. The molecule has 1 unspecified atom stereocenters. The third-order valence-corrected chi connectivity index (χ3v) is 5.89. The van der Waals surface area contributed by atoms with Crippen LogP contribution in [0.5, 0.6) is 5.75 Å². The van der Waals surface area contributed by atoms with Crippen LogP contribution in [0, 0.1) is 5.92 Å². The fourth-order valence-electron chi connectivity index (χ4n) is 3.95. The number of carbonyl (C=O) groups excluding carboxylic acids is 2. The van der Waals surface area contributed by atoms with Gasteiger partial charge >= 0.3 is 5.97 Å². The Morgan fingerprint density at radius 2 is 1.91 bits per heavy atom. The Labute approximate surface area is 193 Å². The molecule has 1 aromatic carbocycles. The molecule has 2 aromatic rings. The molecule has 2 amide bonds. The SMILES string of the molecule is COc1ccc(CC(NC(=O)CC2CCN(C(=O)CCc3cnccn3)CC2)C(=O)O)cc1. The van der Waals surface area contributed by atoms with Gasteiger partial charge in [0.2, 0.25) is 11.8 Å². The molecule has 1 aliphatic heterocycles. The standard InChI is InChI=1S/C24H30N4O5/c1-33-20-5-2-17(3-6-20)14-21(24(31)32)27-22(29)15-18-8-12-28(13-9-18)23(30)7-4-19-16-25-10-11-26-19/h2-3,5-6,10-11,16,18,21H,4,7-9,12-15H2,1H3,(H,27,29)(H,31,32). The lowest BCUT2D eigenvalue weighted by molar-refractivity contribution is -0.142. The third-order valence-electron chi connectivity index (χ3n) is 5.89. The molecule has 1 atom stereocenters. The number of nitrogens with zero attached hydrogens (tertiary/aromatic N) is 3. The minimum absolute atomic E-state index is 0.0778. The predicted molar refractivity (Wildman–Crippen MR) is 121 cm³/mol. The van der Waals surface area contributed by atoms with Crippen molar-refractivity contribution >= 4 is 17.8 Å². The molecule has 9 heteroatoms. The molecule has 2 N–H and O–H groups in total. The zero-order chi connectivity index (χ0) is 23.6. The number of nitrogens with one attached hydrogen (secondary N) is 1. The average Bonchev–Trinajstić information content (AvgIpc) is 2.83. The number of hydrogen-bond acceptors (Lipinski definition) is 6. The summed E-state index contributed by atoms with van der Waals surface area (Å²) in [4.78, 5) is 46.6. The summed E-state index contributed by atoms with van der Waals surface area (Å²) in [7, 11) is 1.57. The summed E-state index contributed by atoms with van der Waals surface area (Å²) in [6.45, 7) is 1.21. The molecule has 1 saturated heterocycles. The summed E-state index contributed by atoms with van der Waals surface area (Å²) < 4.78 is 5.11. The van der Waals surface area contributed by atoms with Gasteiger partial charge in [-0.3, -0.25) is 19.6 Å². The van der Waals surface area contributed by atoms with E-state index in [0.717, 1.165) is 24.1 Å². The van der Waals surface area contributed by atoms with Gasteiger partial charge in [-0.1, -0.05) is 12.1 Å². The zero-order valence-corrected chi connectivity index (χ0v) is 18.8. The lowest BCUT2D eigenvalue weighted by Crippen LogP contribution is -2.44. The van der Waals surface area contributed by atoms with Crippen molar-refractivity contribution in [3.8, 4) is 5.75 Å². The number of aryl methyl sites for hydroxylation is 1. The molecule has 176 valence electrons. The Balaban J connectivity index is 1.41. The zero-order valence-electron chi connectivity index (χ0n) is 18.8. The van der Waals surface area contributed by atoms with Gasteiger partial charge < -0.3 is 20.1 Å². The number of aliphatic carboxylic acids is 1. The lowest BCUT2D eigenvalue weighted by Gasteiger charge is -2.32. The van der Waals surface area contributed by atoms with E-state index in [0.29, 0.717) is 31.7 Å². The topological polar surface area (TPSA) is 122 Å². The maximum Gasteiger partial charge on any atom is 0.326 e. The van der Waals surface area contributed by atoms with Crippen molar-refractivity contribution < 1.29 is 24.2 Å². The number of carboxylic acid groups (broad SMARTS) is 1. The van der Waals surface area contributed by atoms with Gasteiger partial charge in [0.05, 0.1) is 12.8 Å². The maximum atomic E-state index is 12.5. The average molecular weight is 455 g/mol. The molecule has 33 heavy (non-hydrogen) atoms. The van der Waals surface area contributed by atoms with Gasteiger partial charge in [0, 0.05) is 50.9 Å². The molecule has 0 bridgehead atoms. The highest BCUT2D eigenvalue weighted by molar-refractivity contribution is 5.84. The van der Waals surface area contributed by atoms with Gasteiger partial charge in [0.15, 0.2) is 0 Å². The van der Waals surface area contributed by atoms with E-state index in [1.807, 2.05) is 4.90 Å². The van der Waals surface area contributed by atoms with Crippen LogP contribution in [0.4, 0.5) is 0 Å². The number of rotatable bonds is 10. The molecular formula is C24H30N4O5. The number of likely N-dealkylation sites (tertiary alicyclic amines) is 1. The molecular weight excluding hydrogens is 424 g/mol. The normalized spacial score (nSPS) is 15.0. The highest BCUT2D eigenvalue weighted by Crippen LogP contribution is 2.21. The molecule has 0 saturated carbocycles. The van der Waals surface area contributed by atoms with E-state index in [4.69, 9.17) is 4.74 Å². The van der Waals surface area contributed by atoms with E-state index >= 15 is 0 Å². The summed E-state index contributed by atoms with van der Waals surface area (Å²) in [6.07, 6.45) is 7.72. The highest BCUT2D eigenvalue weighted by atomic mass is 16.5. The second-order valence-corrected chi connectivity index (χ2v) is 8.24. The quantitative estimate of drug-likeness (QED) is 0.562. The first-order valence-electron chi connectivity index (χ1n) is 11.1. The number of piperidine rings is 1. The summed E-state index contributed by atoms with van der Waals surface area (Å²) in [6, 6.07) is 6.11. The predicted octanol–water partition coefficient (Wildman–Crippen LogP) is 1.86. The minimum atomic E-state index is -1.07. The van der Waals surface area contributed by atoms with Gasteiger partial charge in [-0.05, 0) is 42.9 Å². The maximum absolute atomic E-state index is 12.5. The number of hydrogen-bond donors (Lipinski definition) is 2. The first kappa shape index (κ1) is 24.2. The first-order chi connectivity index (χ1) is 15.9. The summed E-state index contributed by atoms with van der Waals surface area (Å²) >= 11 is 0. The largest absolute Gasteiger partial charge is 0.497 e. The molecule has 3 rings (SSSR count). The number of amides is 2. The van der Waals surface area contributed by atoms with Crippen LogP contribution in [0.1, 0.15) is 36.9 Å². The van der Waals surface area contributed by atoms with Crippen LogP contribution in [-0.4, -0.2) is 64.0 Å². The number of benzene rings is 1. The number of carbonyl (C=O) groups is 3. The van der Waals surface area contributed by atoms with Crippen LogP contribution in [0.25, 0.3) is 0 Å². The van der Waals surface area contributed by atoms with E-state index in [9.17, 15) is 19.5 Å². The Morgan fingerprint density at radius 3 is 2.52 bits per heavy atom. The van der Waals surface area contributed by atoms with Crippen LogP contribution in [0.15, 0.2) is 42.9 Å². The van der Waals surface area contributed by atoms with Crippen LogP contribution in [-0.2, 0) is 27.2 Å². The Kier molecular flexibility index (Phi) is 8.74. The number of methoxy groups -OCH3 is 1. The van der Waals surface area contributed by atoms with Crippen molar-refractivity contribution in [2.75, 3.05) is 20.2 Å². The summed E-state index contributed by atoms with van der Waals surface area (Å²) in [5.74, 6) is -0.447. The van der Waals surface area contributed by atoms with Crippen molar-refractivity contribution in [2.45, 2.75) is 44.6 Å². The van der Waals surface area contributed by atoms with Gasteiger partial charge in [-0.2, -0.15) is 0 Å². The first-order valence-corrected chi connectivity index (χ1v) is 11.1. The summed E-state index contributed by atoms with van der Waals surface area (Å²) in [5, 5.41) is 12.2. The molecule has 1 aliphatic rings. The Hall–Kier alpha value is -3.49. The van der Waals surface area contributed by atoms with Crippen LogP contribution in [0.3, 0.4) is 0 Å². The second kappa shape index (κ2) is 11.9. The minimum Gasteiger partial charge on any atom is -0.497 e. The highest BCUT2D eigenvalue weighted by Gasteiger charge is 2.26.